The van der Waals surface area contributed by atoms with Crippen molar-refractivity contribution in [3.63, 3.8) is 0 Å². The first-order chi connectivity index (χ1) is 4.97. The van der Waals surface area contributed by atoms with Gasteiger partial charge in [0.2, 0.25) is 0 Å². The van der Waals surface area contributed by atoms with Crippen LogP contribution in [0.2, 0.25) is 0 Å². The minimum absolute atomic E-state index is 1.01. The molecule has 1 aromatic heterocycles. The van der Waals surface area contributed by atoms with Crippen LogP contribution in [0.1, 0.15) is 9.75 Å². The Kier molecular flexibility index (Phi) is 2.35. The third-order valence-corrected chi connectivity index (χ3v) is 2.41. The van der Waals surface area contributed by atoms with Crippen LogP contribution in [0, 0.1) is 6.92 Å². The summed E-state index contributed by atoms with van der Waals surface area (Å²) in [6.07, 6.45) is 0. The topological polar surface area (TPSA) is 0 Å². The Morgan fingerprint density at radius 2 is 1.91 bits per heavy atom. The van der Waals surface area contributed by atoms with Crippen molar-refractivity contribution in [1.82, 2.24) is 0 Å². The summed E-state index contributed by atoms with van der Waals surface area (Å²) in [4.78, 5) is 2.89. The zero-order chi connectivity index (χ0) is 8.48. The number of nitrogens with zero attached hydrogens (tertiary/aromatic N) is 1. The summed E-state index contributed by atoms with van der Waals surface area (Å²) in [5, 5.41) is 0. The second-order valence-corrected chi connectivity index (χ2v) is 5.33. The minimum atomic E-state index is 1.01. The van der Waals surface area contributed by atoms with Gasteiger partial charge in [0.1, 0.15) is 6.54 Å². The van der Waals surface area contributed by atoms with Crippen LogP contribution in [0.25, 0.3) is 0 Å². The van der Waals surface area contributed by atoms with Crippen molar-refractivity contribution >= 4 is 11.3 Å². The largest absolute Gasteiger partial charge is 0.326 e. The lowest BCUT2D eigenvalue weighted by Gasteiger charge is -2.22. The Hall–Kier alpha value is -0.340. The molecule has 0 N–H and O–H groups in total. The predicted octanol–water partition coefficient (Wildman–Crippen LogP) is 2.26. The molecule has 0 radical (unpaired) electrons. The summed E-state index contributed by atoms with van der Waals surface area (Å²) in [5.41, 5.74) is 0. The molecule has 0 atom stereocenters. The Morgan fingerprint density at radius 3 is 2.27 bits per heavy atom. The quantitative estimate of drug-likeness (QED) is 0.597. The molecule has 0 spiro atoms. The molecule has 0 amide bonds. The molecule has 1 aromatic rings. The molecule has 0 unspecified atom stereocenters. The van der Waals surface area contributed by atoms with Crippen LogP contribution < -0.4 is 0 Å². The Morgan fingerprint density at radius 1 is 1.27 bits per heavy atom. The van der Waals surface area contributed by atoms with Crippen molar-refractivity contribution in [3.05, 3.63) is 21.9 Å². The van der Waals surface area contributed by atoms with Gasteiger partial charge in [0.05, 0.1) is 26.0 Å². The van der Waals surface area contributed by atoms with Crippen LogP contribution in [0.4, 0.5) is 0 Å². The van der Waals surface area contributed by atoms with Gasteiger partial charge in [-0.2, -0.15) is 0 Å². The van der Waals surface area contributed by atoms with E-state index < -0.39 is 0 Å². The molecule has 0 bridgehead atoms. The second-order valence-electron chi connectivity index (χ2n) is 3.96. The van der Waals surface area contributed by atoms with Crippen LogP contribution in [-0.2, 0) is 6.54 Å². The fourth-order valence-corrected chi connectivity index (χ4v) is 2.18. The van der Waals surface area contributed by atoms with Gasteiger partial charge in [0.15, 0.2) is 0 Å². The lowest BCUT2D eigenvalue weighted by atomic mass is 10.4. The molecule has 1 nitrogen and oxygen atoms in total. The van der Waals surface area contributed by atoms with E-state index in [9.17, 15) is 0 Å². The number of hydrogen-bond donors (Lipinski definition) is 0. The van der Waals surface area contributed by atoms with Gasteiger partial charge in [-0.1, -0.05) is 0 Å². The standard InChI is InChI=1S/C9H16NS/c1-8-5-6-9(11-8)7-10(2,3)4/h5-6H,7H2,1-4H3/q+1. The molecule has 11 heavy (non-hydrogen) atoms. The molecule has 0 saturated carbocycles. The van der Waals surface area contributed by atoms with Gasteiger partial charge in [-0.25, -0.2) is 0 Å². The maximum Gasteiger partial charge on any atom is 0.113 e. The second kappa shape index (κ2) is 2.95. The van der Waals surface area contributed by atoms with E-state index >= 15 is 0 Å². The summed E-state index contributed by atoms with van der Waals surface area (Å²) in [6, 6.07) is 4.42. The van der Waals surface area contributed by atoms with Gasteiger partial charge in [-0.3, -0.25) is 0 Å². The van der Waals surface area contributed by atoms with E-state index in [1.807, 2.05) is 11.3 Å². The minimum Gasteiger partial charge on any atom is -0.326 e. The van der Waals surface area contributed by atoms with E-state index in [2.05, 4.69) is 40.2 Å². The third-order valence-electron chi connectivity index (χ3n) is 1.43. The molecule has 62 valence electrons. The fourth-order valence-electron chi connectivity index (χ4n) is 1.04. The van der Waals surface area contributed by atoms with Crippen molar-refractivity contribution in [2.45, 2.75) is 13.5 Å². The first-order valence-corrected chi connectivity index (χ1v) is 4.65. The highest BCUT2D eigenvalue weighted by molar-refractivity contribution is 7.11. The number of hydrogen-bond acceptors (Lipinski definition) is 1. The predicted molar refractivity (Wildman–Crippen MR) is 50.8 cm³/mol. The normalized spacial score (nSPS) is 12.0. The van der Waals surface area contributed by atoms with E-state index in [1.165, 1.54) is 9.75 Å². The third kappa shape index (κ3) is 3.04. The van der Waals surface area contributed by atoms with Crippen LogP contribution in [-0.4, -0.2) is 25.6 Å². The molecule has 2 heteroatoms. The van der Waals surface area contributed by atoms with Crippen LogP contribution in [0.3, 0.4) is 0 Å². The number of aryl methyl sites for hydroxylation is 1. The van der Waals surface area contributed by atoms with Gasteiger partial charge < -0.3 is 4.48 Å². The number of quaternary nitrogens is 1. The van der Waals surface area contributed by atoms with E-state index in [-0.39, 0.29) is 0 Å². The first-order valence-electron chi connectivity index (χ1n) is 3.83. The maximum absolute atomic E-state index is 2.23. The van der Waals surface area contributed by atoms with Crippen LogP contribution >= 0.6 is 11.3 Å². The summed E-state index contributed by atoms with van der Waals surface area (Å²) in [6.45, 7) is 3.29. The first kappa shape index (κ1) is 8.75. The Labute approximate surface area is 72.9 Å². The SMILES string of the molecule is Cc1ccc(C[N+](C)(C)C)s1. The summed E-state index contributed by atoms with van der Waals surface area (Å²) >= 11 is 1.90. The smallest absolute Gasteiger partial charge is 0.113 e. The zero-order valence-corrected chi connectivity index (χ0v) is 8.53. The average Bonchev–Trinajstić information content (AvgIpc) is 2.10. The lowest BCUT2D eigenvalue weighted by molar-refractivity contribution is -0.883. The summed E-state index contributed by atoms with van der Waals surface area (Å²) in [5.74, 6) is 0. The molecule has 0 aliphatic carbocycles. The van der Waals surface area contributed by atoms with Gasteiger partial charge in [0, 0.05) is 4.88 Å². The fraction of sp³-hybridized carbons (Fsp3) is 0.556. The monoisotopic (exact) mass is 170 g/mol. The van der Waals surface area contributed by atoms with Crippen molar-refractivity contribution < 1.29 is 4.48 Å². The van der Waals surface area contributed by atoms with Gasteiger partial charge >= 0.3 is 0 Å². The van der Waals surface area contributed by atoms with Crippen molar-refractivity contribution in [2.75, 3.05) is 21.1 Å². The molecule has 0 aromatic carbocycles. The van der Waals surface area contributed by atoms with E-state index in [0.29, 0.717) is 0 Å². The molecule has 0 saturated heterocycles. The van der Waals surface area contributed by atoms with Crippen molar-refractivity contribution in [1.29, 1.82) is 0 Å². The molecule has 0 fully saturated rings. The van der Waals surface area contributed by atoms with Crippen molar-refractivity contribution in [3.8, 4) is 0 Å². The highest BCUT2D eigenvalue weighted by Gasteiger charge is 2.09. The molecular weight excluding hydrogens is 154 g/mol. The van der Waals surface area contributed by atoms with Crippen LogP contribution in [0.15, 0.2) is 12.1 Å². The van der Waals surface area contributed by atoms with Gasteiger partial charge in [0.25, 0.3) is 0 Å². The summed E-state index contributed by atoms with van der Waals surface area (Å²) < 4.78 is 1.01. The molecule has 0 aliphatic heterocycles. The van der Waals surface area contributed by atoms with Crippen molar-refractivity contribution in [2.24, 2.45) is 0 Å². The lowest BCUT2D eigenvalue weighted by Crippen LogP contribution is -2.32. The van der Waals surface area contributed by atoms with Gasteiger partial charge in [-0.15, -0.1) is 11.3 Å². The Balaban J connectivity index is 2.65. The Bertz CT molecular complexity index is 232. The average molecular weight is 170 g/mol. The molecule has 1 heterocycles. The molecule has 1 rings (SSSR count). The van der Waals surface area contributed by atoms with Gasteiger partial charge in [-0.05, 0) is 19.1 Å². The highest BCUT2D eigenvalue weighted by Crippen LogP contribution is 2.17. The van der Waals surface area contributed by atoms with Crippen LogP contribution in [0.5, 0.6) is 0 Å². The highest BCUT2D eigenvalue weighted by atomic mass is 32.1. The number of rotatable bonds is 2. The zero-order valence-electron chi connectivity index (χ0n) is 7.72. The molecular formula is C9H16NS+. The summed E-state index contributed by atoms with van der Waals surface area (Å²) in [7, 11) is 6.65. The number of thiophene rings is 1. The molecule has 0 aliphatic rings. The van der Waals surface area contributed by atoms with E-state index in [0.717, 1.165) is 11.0 Å². The van der Waals surface area contributed by atoms with E-state index in [1.54, 1.807) is 0 Å². The maximum atomic E-state index is 2.23. The van der Waals surface area contributed by atoms with E-state index in [4.69, 9.17) is 0 Å².